The Morgan fingerprint density at radius 3 is 2.83 bits per heavy atom. The maximum atomic E-state index is 11.0. The van der Waals surface area contributed by atoms with Crippen LogP contribution in [0.4, 0.5) is 5.69 Å². The van der Waals surface area contributed by atoms with Gasteiger partial charge in [-0.1, -0.05) is 12.2 Å². The van der Waals surface area contributed by atoms with Gasteiger partial charge in [0.2, 0.25) is 0 Å². The summed E-state index contributed by atoms with van der Waals surface area (Å²) in [4.78, 5) is 21.0. The summed E-state index contributed by atoms with van der Waals surface area (Å²) in [5.41, 5.74) is 0.175. The Kier molecular flexibility index (Phi) is 5.01. The number of hydrogen-bond acceptors (Lipinski definition) is 4. The van der Waals surface area contributed by atoms with Gasteiger partial charge in [0.15, 0.2) is 0 Å². The fourth-order valence-electron chi connectivity index (χ4n) is 1.43. The molecule has 6 nitrogen and oxygen atoms in total. The van der Waals surface area contributed by atoms with E-state index < -0.39 is 10.9 Å². The summed E-state index contributed by atoms with van der Waals surface area (Å²) in [6.45, 7) is 0.784. The summed E-state index contributed by atoms with van der Waals surface area (Å²) in [6.07, 6.45) is 4.24. The van der Waals surface area contributed by atoms with Crippen LogP contribution in [-0.4, -0.2) is 29.6 Å². The molecule has 1 aromatic carbocycles. The van der Waals surface area contributed by atoms with Crippen LogP contribution in [0.15, 0.2) is 24.3 Å². The lowest BCUT2D eigenvalue weighted by Crippen LogP contribution is -2.05. The number of rotatable bonds is 6. The molecular weight excluding hydrogens is 236 g/mol. The van der Waals surface area contributed by atoms with Crippen molar-refractivity contribution in [2.45, 2.75) is 6.42 Å². The molecule has 0 saturated carbocycles. The average molecular weight is 250 g/mol. The standard InChI is InChI=1S/C12H14N2O4/c1-13-7-3-2-4-9-5-6-10(14(17)18)8-11(9)12(15)16/h2,4-6,8,13H,3,7H2,1H3,(H,15,16). The van der Waals surface area contributed by atoms with Crippen LogP contribution in [0, 0.1) is 10.1 Å². The van der Waals surface area contributed by atoms with E-state index in [2.05, 4.69) is 5.32 Å². The lowest BCUT2D eigenvalue weighted by atomic mass is 10.1. The molecule has 6 heteroatoms. The molecule has 0 saturated heterocycles. The van der Waals surface area contributed by atoms with Crippen molar-refractivity contribution in [3.8, 4) is 0 Å². The van der Waals surface area contributed by atoms with E-state index in [9.17, 15) is 14.9 Å². The van der Waals surface area contributed by atoms with Gasteiger partial charge in [-0.3, -0.25) is 10.1 Å². The van der Waals surface area contributed by atoms with Crippen molar-refractivity contribution in [3.05, 3.63) is 45.5 Å². The Labute approximate surface area is 104 Å². The quantitative estimate of drug-likeness (QED) is 0.457. The maximum Gasteiger partial charge on any atom is 0.336 e. The molecule has 0 fully saturated rings. The van der Waals surface area contributed by atoms with Gasteiger partial charge < -0.3 is 10.4 Å². The molecule has 0 amide bonds. The number of nitrogens with one attached hydrogen (secondary N) is 1. The first-order chi connectivity index (χ1) is 8.56. The van der Waals surface area contributed by atoms with Gasteiger partial charge in [0.1, 0.15) is 0 Å². The minimum Gasteiger partial charge on any atom is -0.478 e. The Morgan fingerprint density at radius 1 is 1.56 bits per heavy atom. The zero-order valence-electron chi connectivity index (χ0n) is 9.92. The van der Waals surface area contributed by atoms with Crippen molar-refractivity contribution in [1.82, 2.24) is 5.32 Å². The summed E-state index contributed by atoms with van der Waals surface area (Å²) in [7, 11) is 1.82. The number of carbonyl (C=O) groups is 1. The van der Waals surface area contributed by atoms with Gasteiger partial charge in [0.25, 0.3) is 5.69 Å². The monoisotopic (exact) mass is 250 g/mol. The molecule has 1 aromatic rings. The molecule has 1 rings (SSSR count). The second kappa shape index (κ2) is 6.51. The molecule has 18 heavy (non-hydrogen) atoms. The molecule has 0 unspecified atom stereocenters. The van der Waals surface area contributed by atoms with Crippen molar-refractivity contribution >= 4 is 17.7 Å². The summed E-state index contributed by atoms with van der Waals surface area (Å²) >= 11 is 0. The molecule has 0 heterocycles. The number of hydrogen-bond donors (Lipinski definition) is 2. The molecule has 0 spiro atoms. The third-order valence-electron chi connectivity index (χ3n) is 2.34. The molecule has 0 aliphatic carbocycles. The minimum absolute atomic E-state index is 0.0649. The first-order valence-electron chi connectivity index (χ1n) is 5.39. The van der Waals surface area contributed by atoms with E-state index >= 15 is 0 Å². The van der Waals surface area contributed by atoms with Gasteiger partial charge in [-0.2, -0.15) is 0 Å². The highest BCUT2D eigenvalue weighted by Gasteiger charge is 2.14. The van der Waals surface area contributed by atoms with Crippen LogP contribution in [-0.2, 0) is 0 Å². The van der Waals surface area contributed by atoms with Crippen LogP contribution in [0.3, 0.4) is 0 Å². The first-order valence-corrected chi connectivity index (χ1v) is 5.39. The van der Waals surface area contributed by atoms with E-state index in [0.717, 1.165) is 19.0 Å². The molecule has 2 N–H and O–H groups in total. The van der Waals surface area contributed by atoms with Gasteiger partial charge in [0.05, 0.1) is 10.5 Å². The van der Waals surface area contributed by atoms with Crippen molar-refractivity contribution in [1.29, 1.82) is 0 Å². The fourth-order valence-corrected chi connectivity index (χ4v) is 1.43. The van der Waals surface area contributed by atoms with E-state index in [1.54, 1.807) is 6.08 Å². The first kappa shape index (κ1) is 13.9. The van der Waals surface area contributed by atoms with Crippen LogP contribution in [0.25, 0.3) is 6.08 Å². The zero-order valence-corrected chi connectivity index (χ0v) is 9.92. The van der Waals surface area contributed by atoms with Crippen LogP contribution in [0.2, 0.25) is 0 Å². The highest BCUT2D eigenvalue weighted by Crippen LogP contribution is 2.19. The largest absolute Gasteiger partial charge is 0.478 e. The molecule has 0 aliphatic heterocycles. The molecule has 0 bridgehead atoms. The van der Waals surface area contributed by atoms with E-state index in [1.165, 1.54) is 12.1 Å². The Bertz CT molecular complexity index is 483. The maximum absolute atomic E-state index is 11.0. The molecule has 0 atom stereocenters. The van der Waals surface area contributed by atoms with Crippen molar-refractivity contribution in [2.75, 3.05) is 13.6 Å². The highest BCUT2D eigenvalue weighted by molar-refractivity contribution is 5.93. The molecule has 0 aromatic heterocycles. The predicted octanol–water partition coefficient (Wildman–Crippen LogP) is 1.92. The Morgan fingerprint density at radius 2 is 2.28 bits per heavy atom. The fraction of sp³-hybridized carbons (Fsp3) is 0.250. The number of aromatic carboxylic acids is 1. The number of nitro benzene ring substituents is 1. The van der Waals surface area contributed by atoms with Crippen LogP contribution in [0.1, 0.15) is 22.3 Å². The lowest BCUT2D eigenvalue weighted by molar-refractivity contribution is -0.384. The Hall–Kier alpha value is -2.21. The minimum atomic E-state index is -1.17. The number of nitrogens with zero attached hydrogens (tertiary/aromatic N) is 1. The molecular formula is C12H14N2O4. The van der Waals surface area contributed by atoms with Gasteiger partial charge in [-0.25, -0.2) is 4.79 Å². The van der Waals surface area contributed by atoms with Crippen molar-refractivity contribution in [3.63, 3.8) is 0 Å². The van der Waals surface area contributed by atoms with E-state index in [4.69, 9.17) is 5.11 Å². The number of carboxylic acids is 1. The van der Waals surface area contributed by atoms with Crippen molar-refractivity contribution < 1.29 is 14.8 Å². The van der Waals surface area contributed by atoms with E-state index in [1.807, 2.05) is 13.1 Å². The van der Waals surface area contributed by atoms with Gasteiger partial charge in [-0.15, -0.1) is 0 Å². The van der Waals surface area contributed by atoms with E-state index in [-0.39, 0.29) is 11.3 Å². The molecule has 96 valence electrons. The second-order valence-electron chi connectivity index (χ2n) is 3.63. The normalized spacial score (nSPS) is 10.7. The summed E-state index contributed by atoms with van der Waals surface area (Å²) < 4.78 is 0. The smallest absolute Gasteiger partial charge is 0.336 e. The van der Waals surface area contributed by atoms with Crippen molar-refractivity contribution in [2.24, 2.45) is 0 Å². The lowest BCUT2D eigenvalue weighted by Gasteiger charge is -2.01. The number of carboxylic acid groups (broad SMARTS) is 1. The topological polar surface area (TPSA) is 92.5 Å². The summed E-state index contributed by atoms with van der Waals surface area (Å²) in [5, 5.41) is 22.5. The highest BCUT2D eigenvalue weighted by atomic mass is 16.6. The second-order valence-corrected chi connectivity index (χ2v) is 3.63. The molecule has 0 radical (unpaired) electrons. The molecule has 0 aliphatic rings. The number of nitro groups is 1. The summed E-state index contributed by atoms with van der Waals surface area (Å²) in [5.74, 6) is -1.17. The Balaban J connectivity index is 3.00. The van der Waals surface area contributed by atoms with E-state index in [0.29, 0.717) is 5.56 Å². The van der Waals surface area contributed by atoms with Crippen LogP contribution < -0.4 is 5.32 Å². The number of benzene rings is 1. The third kappa shape index (κ3) is 3.67. The van der Waals surface area contributed by atoms with Gasteiger partial charge >= 0.3 is 5.97 Å². The SMILES string of the molecule is CNCCC=Cc1ccc([N+](=O)[O-])cc1C(=O)O. The van der Waals surface area contributed by atoms with Gasteiger partial charge in [-0.05, 0) is 31.6 Å². The third-order valence-corrected chi connectivity index (χ3v) is 2.34. The zero-order chi connectivity index (χ0) is 13.5. The van der Waals surface area contributed by atoms with Crippen LogP contribution >= 0.6 is 0 Å². The van der Waals surface area contributed by atoms with Gasteiger partial charge in [0, 0.05) is 12.1 Å². The summed E-state index contributed by atoms with van der Waals surface area (Å²) in [6, 6.07) is 3.81. The van der Waals surface area contributed by atoms with Crippen LogP contribution in [0.5, 0.6) is 0 Å². The average Bonchev–Trinajstić information content (AvgIpc) is 2.34. The predicted molar refractivity (Wildman–Crippen MR) is 67.6 cm³/mol. The number of non-ortho nitro benzene ring substituents is 1.